The fraction of sp³-hybridized carbons (Fsp3) is 0.647. The number of ether oxygens (including phenoxy) is 1. The molecule has 2 nitrogen and oxygen atoms in total. The lowest BCUT2D eigenvalue weighted by molar-refractivity contribution is 0.0770. The van der Waals surface area contributed by atoms with Gasteiger partial charge in [-0.05, 0) is 24.0 Å². The molecular formula is C17H25NO. The number of rotatable bonds is 2. The molecule has 1 aliphatic carbocycles. The minimum atomic E-state index is 0.398. The van der Waals surface area contributed by atoms with E-state index in [-0.39, 0.29) is 0 Å². The molecule has 1 saturated carbocycles. The van der Waals surface area contributed by atoms with E-state index in [1.165, 1.54) is 56.1 Å². The van der Waals surface area contributed by atoms with E-state index in [0.29, 0.717) is 12.1 Å². The maximum absolute atomic E-state index is 5.74. The summed E-state index contributed by atoms with van der Waals surface area (Å²) < 4.78 is 5.74. The highest BCUT2D eigenvalue weighted by Gasteiger charge is 2.23. The average molecular weight is 259 g/mol. The van der Waals surface area contributed by atoms with E-state index in [4.69, 9.17) is 4.74 Å². The van der Waals surface area contributed by atoms with E-state index in [1.807, 2.05) is 0 Å². The Balaban J connectivity index is 1.66. The van der Waals surface area contributed by atoms with Crippen LogP contribution in [0.25, 0.3) is 0 Å². The molecule has 1 fully saturated rings. The Bertz CT molecular complexity index is 396. The number of hydrogen-bond donors (Lipinski definition) is 1. The molecule has 0 radical (unpaired) electrons. The van der Waals surface area contributed by atoms with Gasteiger partial charge in [0.2, 0.25) is 0 Å². The largest absolute Gasteiger partial charge is 0.375 e. The number of fused-ring (bicyclic) bond motifs is 1. The molecule has 2 aliphatic rings. The summed E-state index contributed by atoms with van der Waals surface area (Å²) in [4.78, 5) is 0. The van der Waals surface area contributed by atoms with Crippen molar-refractivity contribution in [1.82, 2.24) is 5.32 Å². The van der Waals surface area contributed by atoms with Crippen molar-refractivity contribution in [1.29, 1.82) is 0 Å². The zero-order chi connectivity index (χ0) is 12.9. The molecule has 3 rings (SSSR count). The van der Waals surface area contributed by atoms with Gasteiger partial charge >= 0.3 is 0 Å². The van der Waals surface area contributed by atoms with E-state index < -0.39 is 0 Å². The Morgan fingerprint density at radius 2 is 1.68 bits per heavy atom. The van der Waals surface area contributed by atoms with Crippen LogP contribution in [0.15, 0.2) is 24.3 Å². The Hall–Kier alpha value is -0.860. The first kappa shape index (κ1) is 13.1. The van der Waals surface area contributed by atoms with Crippen molar-refractivity contribution < 1.29 is 4.74 Å². The van der Waals surface area contributed by atoms with Crippen molar-refractivity contribution in [2.75, 3.05) is 6.61 Å². The second-order valence-corrected chi connectivity index (χ2v) is 5.98. The monoisotopic (exact) mass is 259 g/mol. The Kier molecular flexibility index (Phi) is 4.52. The first-order valence-electron chi connectivity index (χ1n) is 7.85. The topological polar surface area (TPSA) is 21.3 Å². The van der Waals surface area contributed by atoms with Gasteiger partial charge in [-0.25, -0.2) is 0 Å². The van der Waals surface area contributed by atoms with Crippen molar-refractivity contribution in [3.8, 4) is 0 Å². The lowest BCUT2D eigenvalue weighted by Gasteiger charge is -2.31. The Labute approximate surface area is 116 Å². The van der Waals surface area contributed by atoms with Crippen molar-refractivity contribution in [3.63, 3.8) is 0 Å². The molecule has 0 bridgehead atoms. The van der Waals surface area contributed by atoms with Crippen LogP contribution in [-0.2, 0) is 11.3 Å². The lowest BCUT2D eigenvalue weighted by atomic mass is 9.93. The highest BCUT2D eigenvalue weighted by molar-refractivity contribution is 5.31. The summed E-state index contributed by atoms with van der Waals surface area (Å²) in [5.74, 6) is 0. The van der Waals surface area contributed by atoms with E-state index in [9.17, 15) is 0 Å². The van der Waals surface area contributed by atoms with E-state index in [0.717, 1.165) is 13.2 Å². The molecule has 2 heteroatoms. The van der Waals surface area contributed by atoms with Gasteiger partial charge in [-0.2, -0.15) is 0 Å². The highest BCUT2D eigenvalue weighted by atomic mass is 16.5. The molecular weight excluding hydrogens is 234 g/mol. The first-order valence-corrected chi connectivity index (χ1v) is 7.85. The van der Waals surface area contributed by atoms with Gasteiger partial charge in [0, 0.05) is 6.04 Å². The highest BCUT2D eigenvalue weighted by Crippen LogP contribution is 2.27. The third kappa shape index (κ3) is 3.37. The quantitative estimate of drug-likeness (QED) is 0.868. The summed E-state index contributed by atoms with van der Waals surface area (Å²) in [5.41, 5.74) is 2.81. The van der Waals surface area contributed by atoms with Crippen LogP contribution in [0.5, 0.6) is 0 Å². The fourth-order valence-electron chi connectivity index (χ4n) is 3.43. The SMILES string of the molecule is c1ccc2c(c1)COCC2NC1CCCCCCC1. The summed E-state index contributed by atoms with van der Waals surface area (Å²) in [6.07, 6.45) is 9.69. The molecule has 1 N–H and O–H groups in total. The van der Waals surface area contributed by atoms with Crippen LogP contribution in [0, 0.1) is 0 Å². The van der Waals surface area contributed by atoms with Crippen molar-refractivity contribution >= 4 is 0 Å². The summed E-state index contributed by atoms with van der Waals surface area (Å²) in [6, 6.07) is 9.80. The normalized spacial score (nSPS) is 25.4. The van der Waals surface area contributed by atoms with Crippen LogP contribution in [0.3, 0.4) is 0 Å². The zero-order valence-corrected chi connectivity index (χ0v) is 11.7. The summed E-state index contributed by atoms with van der Waals surface area (Å²) in [7, 11) is 0. The molecule has 0 amide bonds. The Morgan fingerprint density at radius 1 is 0.947 bits per heavy atom. The van der Waals surface area contributed by atoms with E-state index >= 15 is 0 Å². The second-order valence-electron chi connectivity index (χ2n) is 5.98. The van der Waals surface area contributed by atoms with Crippen LogP contribution in [-0.4, -0.2) is 12.6 Å². The molecule has 1 aromatic rings. The fourth-order valence-corrected chi connectivity index (χ4v) is 3.43. The average Bonchev–Trinajstić information content (AvgIpc) is 2.42. The van der Waals surface area contributed by atoms with E-state index in [1.54, 1.807) is 0 Å². The van der Waals surface area contributed by atoms with E-state index in [2.05, 4.69) is 29.6 Å². The molecule has 1 aliphatic heterocycles. The van der Waals surface area contributed by atoms with Gasteiger partial charge < -0.3 is 10.1 Å². The van der Waals surface area contributed by atoms with Gasteiger partial charge in [0.1, 0.15) is 0 Å². The maximum Gasteiger partial charge on any atom is 0.0721 e. The van der Waals surface area contributed by atoms with Crippen molar-refractivity contribution in [2.24, 2.45) is 0 Å². The lowest BCUT2D eigenvalue weighted by Crippen LogP contribution is -2.37. The summed E-state index contributed by atoms with van der Waals surface area (Å²) >= 11 is 0. The summed E-state index contributed by atoms with van der Waals surface area (Å²) in [5, 5.41) is 3.86. The molecule has 0 saturated heterocycles. The second kappa shape index (κ2) is 6.53. The predicted octanol–water partition coefficient (Wildman–Crippen LogP) is 3.96. The third-order valence-corrected chi connectivity index (χ3v) is 4.51. The molecule has 0 spiro atoms. The molecule has 19 heavy (non-hydrogen) atoms. The number of benzene rings is 1. The van der Waals surface area contributed by atoms with Gasteiger partial charge in [-0.15, -0.1) is 0 Å². The van der Waals surface area contributed by atoms with Crippen molar-refractivity contribution in [2.45, 2.75) is 63.6 Å². The van der Waals surface area contributed by atoms with Crippen LogP contribution in [0.4, 0.5) is 0 Å². The van der Waals surface area contributed by atoms with Gasteiger partial charge in [-0.1, -0.05) is 56.4 Å². The standard InChI is InChI=1S/C17H25NO/c1-2-4-9-15(10-5-3-1)18-17-13-19-12-14-8-6-7-11-16(14)17/h6-8,11,15,17-18H,1-5,9-10,12-13H2. The zero-order valence-electron chi connectivity index (χ0n) is 11.7. The van der Waals surface area contributed by atoms with Gasteiger partial charge in [-0.3, -0.25) is 0 Å². The Morgan fingerprint density at radius 3 is 2.53 bits per heavy atom. The minimum Gasteiger partial charge on any atom is -0.375 e. The summed E-state index contributed by atoms with van der Waals surface area (Å²) in [6.45, 7) is 1.60. The molecule has 1 heterocycles. The molecule has 1 unspecified atom stereocenters. The van der Waals surface area contributed by atoms with Gasteiger partial charge in [0.15, 0.2) is 0 Å². The molecule has 0 aromatic heterocycles. The number of nitrogens with one attached hydrogen (secondary N) is 1. The maximum atomic E-state index is 5.74. The van der Waals surface area contributed by atoms with Crippen LogP contribution < -0.4 is 5.32 Å². The predicted molar refractivity (Wildman–Crippen MR) is 78.1 cm³/mol. The molecule has 1 atom stereocenters. The smallest absolute Gasteiger partial charge is 0.0721 e. The molecule has 104 valence electrons. The molecule has 1 aromatic carbocycles. The third-order valence-electron chi connectivity index (χ3n) is 4.51. The van der Waals surface area contributed by atoms with Crippen LogP contribution in [0.2, 0.25) is 0 Å². The van der Waals surface area contributed by atoms with Gasteiger partial charge in [0.05, 0.1) is 19.3 Å². The van der Waals surface area contributed by atoms with Crippen molar-refractivity contribution in [3.05, 3.63) is 35.4 Å². The first-order chi connectivity index (χ1) is 9.43. The number of hydrogen-bond acceptors (Lipinski definition) is 2. The minimum absolute atomic E-state index is 0.398. The van der Waals surface area contributed by atoms with Crippen LogP contribution >= 0.6 is 0 Å². The van der Waals surface area contributed by atoms with Gasteiger partial charge in [0.25, 0.3) is 0 Å². The van der Waals surface area contributed by atoms with Crippen LogP contribution in [0.1, 0.15) is 62.1 Å².